The van der Waals surface area contributed by atoms with Gasteiger partial charge in [0, 0.05) is 46.0 Å². The minimum atomic E-state index is 0.293. The summed E-state index contributed by atoms with van der Waals surface area (Å²) < 4.78 is 5.80. The van der Waals surface area contributed by atoms with E-state index in [1.165, 1.54) is 5.56 Å². The molecule has 0 spiro atoms. The van der Waals surface area contributed by atoms with Crippen LogP contribution in [0, 0.1) is 13.8 Å². The average Bonchev–Trinajstić information content (AvgIpc) is 2.39. The molecule has 21 heavy (non-hydrogen) atoms. The van der Waals surface area contributed by atoms with Crippen LogP contribution in [0.15, 0.2) is 6.20 Å². The Balaban J connectivity index is 2.84. The molecule has 120 valence electrons. The zero-order chi connectivity index (χ0) is 16.0. The van der Waals surface area contributed by atoms with Crippen molar-refractivity contribution in [1.82, 2.24) is 10.3 Å². The van der Waals surface area contributed by atoms with E-state index in [0.29, 0.717) is 10.8 Å². The molecule has 0 saturated heterocycles. The van der Waals surface area contributed by atoms with E-state index in [4.69, 9.17) is 4.74 Å². The number of aryl methyl sites for hydroxylation is 1. The predicted molar refractivity (Wildman–Crippen MR) is 93.6 cm³/mol. The number of likely N-dealkylation sites (N-methyl/N-ethyl adjacent to an activating group) is 1. The molecule has 0 aliphatic carbocycles. The van der Waals surface area contributed by atoms with Crippen molar-refractivity contribution >= 4 is 11.8 Å². The summed E-state index contributed by atoms with van der Waals surface area (Å²) in [6, 6.07) is 0.442. The lowest BCUT2D eigenvalue weighted by Crippen LogP contribution is -2.35. The fourth-order valence-electron chi connectivity index (χ4n) is 2.34. The average molecular weight is 311 g/mol. The van der Waals surface area contributed by atoms with E-state index < -0.39 is 0 Å². The Hall–Kier alpha value is -0.740. The molecule has 4 heteroatoms. The van der Waals surface area contributed by atoms with E-state index in [1.807, 2.05) is 24.9 Å². The van der Waals surface area contributed by atoms with Gasteiger partial charge in [0.1, 0.15) is 5.75 Å². The highest BCUT2D eigenvalue weighted by Gasteiger charge is 2.18. The maximum absolute atomic E-state index is 5.51. The van der Waals surface area contributed by atoms with Crippen molar-refractivity contribution in [3.05, 3.63) is 23.0 Å². The molecular weight excluding hydrogens is 280 g/mol. The fourth-order valence-corrected chi connectivity index (χ4v) is 3.28. The second kappa shape index (κ2) is 8.04. The molecule has 1 aromatic rings. The molecule has 1 heterocycles. The molecule has 1 aromatic heterocycles. The van der Waals surface area contributed by atoms with Gasteiger partial charge < -0.3 is 10.1 Å². The Labute approximate surface area is 134 Å². The largest absolute Gasteiger partial charge is 0.496 e. The highest BCUT2D eigenvalue weighted by atomic mass is 32.2. The minimum Gasteiger partial charge on any atom is -0.496 e. The van der Waals surface area contributed by atoms with Crippen LogP contribution in [0.2, 0.25) is 0 Å². The molecule has 0 amide bonds. The summed E-state index contributed by atoms with van der Waals surface area (Å²) in [5.41, 5.74) is 3.40. The van der Waals surface area contributed by atoms with Gasteiger partial charge in [-0.15, -0.1) is 0 Å². The first kappa shape index (κ1) is 18.3. The molecule has 1 N–H and O–H groups in total. The van der Waals surface area contributed by atoms with Gasteiger partial charge in [-0.1, -0.05) is 27.7 Å². The Morgan fingerprint density at radius 3 is 2.52 bits per heavy atom. The summed E-state index contributed by atoms with van der Waals surface area (Å²) in [4.78, 5) is 4.62. The lowest BCUT2D eigenvalue weighted by molar-refractivity contribution is 0.406. The van der Waals surface area contributed by atoms with Crippen LogP contribution < -0.4 is 10.1 Å². The first-order chi connectivity index (χ1) is 9.78. The van der Waals surface area contributed by atoms with E-state index in [2.05, 4.69) is 44.9 Å². The molecule has 0 radical (unpaired) electrons. The first-order valence-corrected chi connectivity index (χ1v) is 8.63. The highest BCUT2D eigenvalue weighted by Crippen LogP contribution is 2.27. The number of thioether (sulfide) groups is 1. The molecule has 0 aliphatic heterocycles. The minimum absolute atomic E-state index is 0.293. The van der Waals surface area contributed by atoms with Crippen LogP contribution >= 0.6 is 11.8 Å². The number of hydrogen-bond donors (Lipinski definition) is 1. The Morgan fingerprint density at radius 1 is 1.33 bits per heavy atom. The third kappa shape index (κ3) is 5.87. The van der Waals surface area contributed by atoms with Crippen LogP contribution in [0.5, 0.6) is 5.75 Å². The van der Waals surface area contributed by atoms with Crippen molar-refractivity contribution in [2.45, 2.75) is 58.8 Å². The third-order valence-corrected chi connectivity index (χ3v) is 4.83. The van der Waals surface area contributed by atoms with E-state index in [1.54, 1.807) is 7.11 Å². The SMILES string of the molecule is CCNC(CSC(C)(C)C)Cc1ncc(C)c(OC)c1C. The van der Waals surface area contributed by atoms with Gasteiger partial charge in [-0.2, -0.15) is 11.8 Å². The first-order valence-electron chi connectivity index (χ1n) is 7.65. The van der Waals surface area contributed by atoms with Gasteiger partial charge in [-0.3, -0.25) is 4.98 Å². The van der Waals surface area contributed by atoms with Gasteiger partial charge in [0.25, 0.3) is 0 Å². The molecule has 0 saturated carbocycles. The second-order valence-corrected chi connectivity index (χ2v) is 8.28. The molecule has 1 atom stereocenters. The number of pyridine rings is 1. The number of nitrogens with one attached hydrogen (secondary N) is 1. The van der Waals surface area contributed by atoms with Gasteiger partial charge in [0.2, 0.25) is 0 Å². The molecule has 0 aromatic carbocycles. The van der Waals surface area contributed by atoms with Crippen molar-refractivity contribution < 1.29 is 4.74 Å². The summed E-state index contributed by atoms with van der Waals surface area (Å²) in [6.45, 7) is 14.1. The Kier molecular flexibility index (Phi) is 7.01. The van der Waals surface area contributed by atoms with Crippen molar-refractivity contribution in [1.29, 1.82) is 0 Å². The van der Waals surface area contributed by atoms with Crippen LogP contribution in [0.1, 0.15) is 44.5 Å². The number of aromatic nitrogens is 1. The van der Waals surface area contributed by atoms with Crippen LogP contribution in [0.3, 0.4) is 0 Å². The van der Waals surface area contributed by atoms with Gasteiger partial charge in [-0.25, -0.2) is 0 Å². The quantitative estimate of drug-likeness (QED) is 0.831. The van der Waals surface area contributed by atoms with E-state index in [-0.39, 0.29) is 0 Å². The van der Waals surface area contributed by atoms with Gasteiger partial charge in [-0.05, 0) is 20.4 Å². The second-order valence-electron chi connectivity index (χ2n) is 6.43. The number of ether oxygens (including phenoxy) is 1. The summed E-state index contributed by atoms with van der Waals surface area (Å²) in [7, 11) is 1.73. The fraction of sp³-hybridized carbons (Fsp3) is 0.706. The van der Waals surface area contributed by atoms with Crippen molar-refractivity contribution in [3.8, 4) is 5.75 Å². The van der Waals surface area contributed by atoms with E-state index in [0.717, 1.165) is 35.7 Å². The van der Waals surface area contributed by atoms with Gasteiger partial charge in [0.15, 0.2) is 0 Å². The zero-order valence-corrected chi connectivity index (χ0v) is 15.4. The molecule has 0 aliphatic rings. The monoisotopic (exact) mass is 310 g/mol. The number of methoxy groups -OCH3 is 1. The normalized spacial score (nSPS) is 13.3. The van der Waals surface area contributed by atoms with Crippen molar-refractivity contribution in [3.63, 3.8) is 0 Å². The van der Waals surface area contributed by atoms with E-state index in [9.17, 15) is 0 Å². The smallest absolute Gasteiger partial charge is 0.128 e. The van der Waals surface area contributed by atoms with Crippen LogP contribution in [0.25, 0.3) is 0 Å². The highest BCUT2D eigenvalue weighted by molar-refractivity contribution is 8.00. The molecule has 1 rings (SSSR count). The summed E-state index contributed by atoms with van der Waals surface area (Å²) in [5.74, 6) is 2.06. The standard InChI is InChI=1S/C17H30N2OS/c1-8-18-14(11-21-17(4,5)6)9-15-13(3)16(20-7)12(2)10-19-15/h10,14,18H,8-9,11H2,1-7H3. The summed E-state index contributed by atoms with van der Waals surface area (Å²) in [6.07, 6.45) is 2.86. The summed E-state index contributed by atoms with van der Waals surface area (Å²) in [5, 5.41) is 3.58. The van der Waals surface area contributed by atoms with Crippen LogP contribution in [0.4, 0.5) is 0 Å². The number of nitrogens with zero attached hydrogens (tertiary/aromatic N) is 1. The zero-order valence-electron chi connectivity index (χ0n) is 14.5. The molecule has 1 unspecified atom stereocenters. The van der Waals surface area contributed by atoms with Crippen LogP contribution in [-0.4, -0.2) is 35.2 Å². The van der Waals surface area contributed by atoms with Crippen LogP contribution in [-0.2, 0) is 6.42 Å². The van der Waals surface area contributed by atoms with Gasteiger partial charge >= 0.3 is 0 Å². The Morgan fingerprint density at radius 2 is 2.00 bits per heavy atom. The summed E-state index contributed by atoms with van der Waals surface area (Å²) >= 11 is 2.00. The molecule has 3 nitrogen and oxygen atoms in total. The van der Waals surface area contributed by atoms with Gasteiger partial charge in [0.05, 0.1) is 7.11 Å². The topological polar surface area (TPSA) is 34.2 Å². The lowest BCUT2D eigenvalue weighted by atomic mass is 10.1. The molecule has 0 bridgehead atoms. The molecule has 0 fully saturated rings. The third-order valence-electron chi connectivity index (χ3n) is 3.40. The number of rotatable bonds is 7. The maximum atomic E-state index is 5.51. The Bertz CT molecular complexity index is 455. The maximum Gasteiger partial charge on any atom is 0.128 e. The van der Waals surface area contributed by atoms with Crippen molar-refractivity contribution in [2.75, 3.05) is 19.4 Å². The predicted octanol–water partition coefficient (Wildman–Crippen LogP) is 3.76. The van der Waals surface area contributed by atoms with Crippen molar-refractivity contribution in [2.24, 2.45) is 0 Å². The molecular formula is C17H30N2OS. The van der Waals surface area contributed by atoms with E-state index >= 15 is 0 Å². The lowest BCUT2D eigenvalue weighted by Gasteiger charge is -2.24. The number of hydrogen-bond acceptors (Lipinski definition) is 4.